The highest BCUT2D eigenvalue weighted by atomic mass is 31.2. The Kier molecular flexibility index (Phi) is 9.15. The lowest BCUT2D eigenvalue weighted by Gasteiger charge is -2.24. The van der Waals surface area contributed by atoms with Crippen molar-refractivity contribution in [3.05, 3.63) is 54.0 Å². The van der Waals surface area contributed by atoms with E-state index in [0.29, 0.717) is 0 Å². The van der Waals surface area contributed by atoms with E-state index in [-0.39, 0.29) is 44.2 Å². The van der Waals surface area contributed by atoms with Crippen LogP contribution in [0, 0.1) is 0 Å². The Morgan fingerprint density at radius 2 is 1.84 bits per heavy atom. The molecule has 0 radical (unpaired) electrons. The number of ether oxygens (including phenoxy) is 2. The van der Waals surface area contributed by atoms with Crippen LogP contribution in [-0.4, -0.2) is 25.8 Å². The maximum absolute atomic E-state index is 13.1. The summed E-state index contributed by atoms with van der Waals surface area (Å²) in [6.07, 6.45) is -3.11. The fourth-order valence-corrected chi connectivity index (χ4v) is 4.37. The predicted octanol–water partition coefficient (Wildman–Crippen LogP) is 5.97. The number of carbonyl (C=O) groups excluding carboxylic acids is 1. The van der Waals surface area contributed by atoms with Crippen LogP contribution in [0.5, 0.6) is 5.75 Å². The van der Waals surface area contributed by atoms with Gasteiger partial charge in [0.15, 0.2) is 5.76 Å². The molecule has 0 saturated carbocycles. The summed E-state index contributed by atoms with van der Waals surface area (Å²) in [7, 11) is -3.86. The third-order valence-electron chi connectivity index (χ3n) is 3.89. The molecule has 1 unspecified atom stereocenters. The summed E-state index contributed by atoms with van der Waals surface area (Å²) in [4.78, 5) is 12.3. The first-order chi connectivity index (χ1) is 14.7. The molecule has 0 fully saturated rings. The molecule has 0 aliphatic rings. The fraction of sp³-hybridized carbons (Fsp3) is 0.450. The van der Waals surface area contributed by atoms with E-state index in [1.54, 1.807) is 19.9 Å². The van der Waals surface area contributed by atoms with Crippen LogP contribution < -0.4 is 4.74 Å². The Labute approximate surface area is 178 Å². The van der Waals surface area contributed by atoms with Crippen molar-refractivity contribution in [3.63, 3.8) is 0 Å². The average Bonchev–Trinajstić information content (AvgIpc) is 3.24. The molecular weight excluding hydrogens is 440 g/mol. The minimum absolute atomic E-state index is 0.0175. The number of hydrogen-bond acceptors (Lipinski definition) is 7. The largest absolute Gasteiger partial charge is 0.494 e. The van der Waals surface area contributed by atoms with E-state index in [4.69, 9.17) is 22.9 Å². The van der Waals surface area contributed by atoms with Crippen LogP contribution in [0.1, 0.15) is 43.9 Å². The number of halogens is 3. The van der Waals surface area contributed by atoms with Crippen molar-refractivity contribution < 1.29 is 45.5 Å². The van der Waals surface area contributed by atoms with Gasteiger partial charge in [0.05, 0.1) is 31.6 Å². The molecule has 7 nitrogen and oxygen atoms in total. The van der Waals surface area contributed by atoms with Crippen LogP contribution in [0.4, 0.5) is 13.2 Å². The molecule has 1 aromatic heterocycles. The van der Waals surface area contributed by atoms with Crippen LogP contribution in [0.25, 0.3) is 0 Å². The molecule has 0 N–H and O–H groups in total. The Balaban J connectivity index is 1.94. The van der Waals surface area contributed by atoms with Gasteiger partial charge in [0, 0.05) is 6.42 Å². The van der Waals surface area contributed by atoms with Gasteiger partial charge in [0.1, 0.15) is 5.75 Å². The minimum Gasteiger partial charge on any atom is -0.494 e. The van der Waals surface area contributed by atoms with Crippen LogP contribution in [0.3, 0.4) is 0 Å². The van der Waals surface area contributed by atoms with Gasteiger partial charge in [-0.2, -0.15) is 13.2 Å². The van der Waals surface area contributed by atoms with E-state index in [0.717, 1.165) is 12.1 Å². The van der Waals surface area contributed by atoms with Gasteiger partial charge >= 0.3 is 19.7 Å². The van der Waals surface area contributed by atoms with E-state index in [9.17, 15) is 22.5 Å². The van der Waals surface area contributed by atoms with Gasteiger partial charge in [-0.1, -0.05) is 6.07 Å². The molecular formula is C20H24F3O7P. The SMILES string of the molecule is CCOP(=O)(OCC)C(OC(=O)CCCOc1cccc(C(F)(F)F)c1)c1ccco1. The first kappa shape index (κ1) is 25.0. The van der Waals surface area contributed by atoms with Gasteiger partial charge in [-0.05, 0) is 50.6 Å². The molecule has 1 heterocycles. The summed E-state index contributed by atoms with van der Waals surface area (Å²) in [6, 6.07) is 7.47. The van der Waals surface area contributed by atoms with E-state index >= 15 is 0 Å². The number of furan rings is 1. The predicted molar refractivity (Wildman–Crippen MR) is 105 cm³/mol. The summed E-state index contributed by atoms with van der Waals surface area (Å²) >= 11 is 0. The number of carbonyl (C=O) groups is 1. The Morgan fingerprint density at radius 3 is 2.42 bits per heavy atom. The maximum Gasteiger partial charge on any atom is 0.416 e. The molecule has 1 atom stereocenters. The van der Waals surface area contributed by atoms with Gasteiger partial charge in [-0.15, -0.1) is 0 Å². The van der Waals surface area contributed by atoms with Gasteiger partial charge in [0.25, 0.3) is 5.85 Å². The number of alkyl halides is 3. The second-order valence-electron chi connectivity index (χ2n) is 6.21. The molecule has 31 heavy (non-hydrogen) atoms. The molecule has 172 valence electrons. The topological polar surface area (TPSA) is 84.2 Å². The number of hydrogen-bond donors (Lipinski definition) is 0. The van der Waals surface area contributed by atoms with Crippen molar-refractivity contribution in [2.24, 2.45) is 0 Å². The molecule has 1 aromatic carbocycles. The van der Waals surface area contributed by atoms with Crippen LogP contribution in [0.15, 0.2) is 47.1 Å². The molecule has 2 aromatic rings. The van der Waals surface area contributed by atoms with Crippen LogP contribution in [0.2, 0.25) is 0 Å². The lowest BCUT2D eigenvalue weighted by molar-refractivity contribution is -0.147. The highest BCUT2D eigenvalue weighted by Gasteiger charge is 2.42. The van der Waals surface area contributed by atoms with Gasteiger partial charge in [-0.25, -0.2) is 0 Å². The Bertz CT molecular complexity index is 858. The smallest absolute Gasteiger partial charge is 0.416 e. The third-order valence-corrected chi connectivity index (χ3v) is 6.06. The zero-order valence-corrected chi connectivity index (χ0v) is 18.0. The zero-order valence-electron chi connectivity index (χ0n) is 17.1. The van der Waals surface area contributed by atoms with Crippen molar-refractivity contribution >= 4 is 13.6 Å². The van der Waals surface area contributed by atoms with Crippen molar-refractivity contribution in [1.29, 1.82) is 0 Å². The summed E-state index contributed by atoms with van der Waals surface area (Å²) < 4.78 is 77.7. The molecule has 0 bridgehead atoms. The number of esters is 1. The van der Waals surface area contributed by atoms with Crippen molar-refractivity contribution in [2.75, 3.05) is 19.8 Å². The summed E-state index contributed by atoms with van der Waals surface area (Å²) in [5, 5.41) is 0. The third kappa shape index (κ3) is 7.41. The lowest BCUT2D eigenvalue weighted by atomic mass is 10.2. The average molecular weight is 464 g/mol. The molecule has 0 aliphatic carbocycles. The van der Waals surface area contributed by atoms with Gasteiger partial charge in [0.2, 0.25) is 0 Å². The summed E-state index contributed by atoms with van der Waals surface area (Å²) in [6.45, 7) is 3.36. The molecule has 0 saturated heterocycles. The summed E-state index contributed by atoms with van der Waals surface area (Å²) in [5.74, 6) is -1.94. The molecule has 0 spiro atoms. The Morgan fingerprint density at radius 1 is 1.13 bits per heavy atom. The number of benzene rings is 1. The van der Waals surface area contributed by atoms with Crippen LogP contribution >= 0.6 is 7.60 Å². The molecule has 2 rings (SSSR count). The standard InChI is InChI=1S/C20H24F3O7P/c1-3-28-31(25,29-4-2)19(17-10-6-13-27-17)30-18(24)11-7-12-26-16-9-5-8-15(14-16)20(21,22)23/h5-6,8-10,13-14,19H,3-4,7,11-12H2,1-2H3. The van der Waals surface area contributed by atoms with E-state index < -0.39 is 31.1 Å². The normalized spacial score (nSPS) is 13.1. The highest BCUT2D eigenvalue weighted by molar-refractivity contribution is 7.54. The fourth-order valence-electron chi connectivity index (χ4n) is 2.59. The van der Waals surface area contributed by atoms with E-state index in [1.165, 1.54) is 24.5 Å². The van der Waals surface area contributed by atoms with Crippen LogP contribution in [-0.2, 0) is 29.3 Å². The van der Waals surface area contributed by atoms with Crippen molar-refractivity contribution in [3.8, 4) is 5.75 Å². The van der Waals surface area contributed by atoms with E-state index in [1.807, 2.05) is 0 Å². The Hall–Kier alpha value is -2.29. The van der Waals surface area contributed by atoms with E-state index in [2.05, 4.69) is 0 Å². The monoisotopic (exact) mass is 464 g/mol. The quantitative estimate of drug-likeness (QED) is 0.218. The first-order valence-electron chi connectivity index (χ1n) is 9.61. The number of rotatable bonds is 12. The maximum atomic E-state index is 13.1. The summed E-state index contributed by atoms with van der Waals surface area (Å²) in [5.41, 5.74) is -0.826. The van der Waals surface area contributed by atoms with Crippen molar-refractivity contribution in [2.45, 2.75) is 38.7 Å². The zero-order chi connectivity index (χ0) is 22.9. The highest BCUT2D eigenvalue weighted by Crippen LogP contribution is 2.61. The van der Waals surface area contributed by atoms with Gasteiger partial charge in [-0.3, -0.25) is 9.36 Å². The second-order valence-corrected chi connectivity index (χ2v) is 8.28. The van der Waals surface area contributed by atoms with Gasteiger partial charge < -0.3 is 22.9 Å². The molecule has 0 amide bonds. The lowest BCUT2D eigenvalue weighted by Crippen LogP contribution is -2.15. The molecule has 11 heteroatoms. The minimum atomic E-state index is -4.47. The van der Waals surface area contributed by atoms with Crippen molar-refractivity contribution in [1.82, 2.24) is 0 Å². The second kappa shape index (κ2) is 11.4. The molecule has 0 aliphatic heterocycles. The first-order valence-corrected chi connectivity index (χ1v) is 11.2.